The molecular weight excluding hydrogens is 338 g/mol. The number of hydrogen-bond donors (Lipinski definition) is 2. The van der Waals surface area contributed by atoms with Crippen LogP contribution in [0.5, 0.6) is 0 Å². The summed E-state index contributed by atoms with van der Waals surface area (Å²) < 4.78 is 0. The number of anilines is 2. The molecule has 2 aromatic carbocycles. The van der Waals surface area contributed by atoms with Crippen molar-refractivity contribution < 1.29 is 4.79 Å². The quantitative estimate of drug-likeness (QED) is 0.580. The van der Waals surface area contributed by atoms with E-state index in [1.807, 2.05) is 43.3 Å². The molecule has 0 aliphatic carbocycles. The smallest absolute Gasteiger partial charge is 0.250 e. The molecule has 27 heavy (non-hydrogen) atoms. The van der Waals surface area contributed by atoms with Crippen molar-refractivity contribution in [1.29, 1.82) is 0 Å². The number of nitrogens with one attached hydrogen (secondary N) is 1. The van der Waals surface area contributed by atoms with E-state index in [1.165, 1.54) is 0 Å². The number of carbonyl (C=O) groups excluding carboxylic acids is 1. The van der Waals surface area contributed by atoms with Crippen molar-refractivity contribution in [2.75, 3.05) is 5.32 Å². The van der Waals surface area contributed by atoms with Gasteiger partial charge in [0.05, 0.1) is 16.8 Å². The molecule has 2 aromatic heterocycles. The predicted molar refractivity (Wildman–Crippen MR) is 106 cm³/mol. The molecule has 0 aliphatic rings. The number of aromatic nitrogens is 3. The summed E-state index contributed by atoms with van der Waals surface area (Å²) in [6, 6.07) is 16.8. The van der Waals surface area contributed by atoms with Crippen molar-refractivity contribution in [3.63, 3.8) is 0 Å². The van der Waals surface area contributed by atoms with Crippen LogP contribution in [0.3, 0.4) is 0 Å². The first kappa shape index (κ1) is 16.7. The summed E-state index contributed by atoms with van der Waals surface area (Å²) in [5, 5.41) is 4.11. The van der Waals surface area contributed by atoms with Gasteiger partial charge < -0.3 is 11.1 Å². The van der Waals surface area contributed by atoms with Crippen LogP contribution in [0.25, 0.3) is 22.3 Å². The van der Waals surface area contributed by atoms with E-state index < -0.39 is 5.91 Å². The summed E-state index contributed by atoms with van der Waals surface area (Å²) in [6.45, 7) is 2.01. The van der Waals surface area contributed by atoms with Crippen LogP contribution in [0.2, 0.25) is 0 Å². The number of para-hydroxylation sites is 1. The van der Waals surface area contributed by atoms with Crippen LogP contribution in [-0.4, -0.2) is 20.9 Å². The summed E-state index contributed by atoms with van der Waals surface area (Å²) in [5.41, 5.74) is 9.22. The third kappa shape index (κ3) is 3.32. The van der Waals surface area contributed by atoms with Crippen molar-refractivity contribution in [3.05, 3.63) is 78.1 Å². The van der Waals surface area contributed by atoms with Crippen LogP contribution in [0.15, 0.2) is 67.0 Å². The molecule has 6 nitrogen and oxygen atoms in total. The molecule has 132 valence electrons. The van der Waals surface area contributed by atoms with E-state index in [9.17, 15) is 4.79 Å². The second kappa shape index (κ2) is 6.84. The number of rotatable bonds is 4. The molecule has 0 saturated heterocycles. The third-order valence-corrected chi connectivity index (χ3v) is 4.22. The molecule has 4 rings (SSSR count). The van der Waals surface area contributed by atoms with E-state index in [0.717, 1.165) is 22.0 Å². The first-order valence-corrected chi connectivity index (χ1v) is 8.46. The predicted octanol–water partition coefficient (Wildman–Crippen LogP) is 3.84. The number of primary amides is 1. The molecule has 3 N–H and O–H groups in total. The molecule has 0 bridgehead atoms. The molecule has 1 amide bonds. The van der Waals surface area contributed by atoms with Crippen LogP contribution in [0.4, 0.5) is 11.5 Å². The second-order valence-electron chi connectivity index (χ2n) is 6.19. The van der Waals surface area contributed by atoms with Gasteiger partial charge in [0.1, 0.15) is 5.82 Å². The summed E-state index contributed by atoms with van der Waals surface area (Å²) in [5.74, 6) is 0.660. The highest BCUT2D eigenvalue weighted by Crippen LogP contribution is 2.29. The lowest BCUT2D eigenvalue weighted by Crippen LogP contribution is -2.13. The van der Waals surface area contributed by atoms with Crippen LogP contribution in [-0.2, 0) is 0 Å². The van der Waals surface area contributed by atoms with E-state index in [-0.39, 0.29) is 0 Å². The summed E-state index contributed by atoms with van der Waals surface area (Å²) in [6.07, 6.45) is 3.43. The average Bonchev–Trinajstić information content (AvgIpc) is 2.68. The molecule has 6 heteroatoms. The largest absolute Gasteiger partial charge is 0.366 e. The first-order valence-electron chi connectivity index (χ1n) is 8.46. The number of benzene rings is 2. The van der Waals surface area contributed by atoms with Gasteiger partial charge in [-0.2, -0.15) is 0 Å². The number of pyridine rings is 1. The molecule has 4 aromatic rings. The van der Waals surface area contributed by atoms with Crippen molar-refractivity contribution in [2.24, 2.45) is 5.73 Å². The van der Waals surface area contributed by atoms with Crippen LogP contribution in [0, 0.1) is 6.92 Å². The Morgan fingerprint density at radius 3 is 2.67 bits per heavy atom. The van der Waals surface area contributed by atoms with Crippen LogP contribution < -0.4 is 11.1 Å². The minimum atomic E-state index is -0.500. The van der Waals surface area contributed by atoms with Gasteiger partial charge in [-0.25, -0.2) is 9.97 Å². The van der Waals surface area contributed by atoms with Crippen molar-refractivity contribution in [1.82, 2.24) is 15.0 Å². The summed E-state index contributed by atoms with van der Waals surface area (Å²) >= 11 is 0. The van der Waals surface area contributed by atoms with Crippen molar-refractivity contribution in [3.8, 4) is 11.4 Å². The van der Waals surface area contributed by atoms with Gasteiger partial charge in [-0.1, -0.05) is 18.2 Å². The molecule has 0 fully saturated rings. The third-order valence-electron chi connectivity index (χ3n) is 4.22. The lowest BCUT2D eigenvalue weighted by atomic mass is 10.1. The number of nitrogens with two attached hydrogens (primary N) is 1. The molecule has 0 saturated carbocycles. The zero-order valence-corrected chi connectivity index (χ0v) is 14.7. The fourth-order valence-electron chi connectivity index (χ4n) is 2.89. The zero-order valence-electron chi connectivity index (χ0n) is 14.7. The SMILES string of the molecule is Cc1ccc2c(Nc3ccccc3C(N)=O)nc(-c3cccnc3)nc2c1. The maximum Gasteiger partial charge on any atom is 0.250 e. The Kier molecular flexibility index (Phi) is 4.22. The molecule has 0 unspecified atom stereocenters. The van der Waals surface area contributed by atoms with Gasteiger partial charge in [0.2, 0.25) is 0 Å². The lowest BCUT2D eigenvalue weighted by molar-refractivity contribution is 0.100. The molecule has 0 aliphatic heterocycles. The van der Waals surface area contributed by atoms with Gasteiger partial charge in [0.25, 0.3) is 5.91 Å². The fourth-order valence-corrected chi connectivity index (χ4v) is 2.89. The maximum absolute atomic E-state index is 11.7. The normalized spacial score (nSPS) is 10.7. The molecular formula is C21H17N5O. The molecule has 2 heterocycles. The zero-order chi connectivity index (χ0) is 18.8. The first-order chi connectivity index (χ1) is 13.1. The Bertz CT molecular complexity index is 1140. The van der Waals surface area contributed by atoms with E-state index in [1.54, 1.807) is 30.6 Å². The number of aryl methyl sites for hydroxylation is 1. The van der Waals surface area contributed by atoms with Crippen molar-refractivity contribution >= 4 is 28.3 Å². The average molecular weight is 355 g/mol. The van der Waals surface area contributed by atoms with E-state index >= 15 is 0 Å². The Morgan fingerprint density at radius 1 is 1.04 bits per heavy atom. The summed E-state index contributed by atoms with van der Waals surface area (Å²) in [4.78, 5) is 25.3. The fraction of sp³-hybridized carbons (Fsp3) is 0.0476. The molecule has 0 radical (unpaired) electrons. The Balaban J connectivity index is 1.90. The van der Waals surface area contributed by atoms with Gasteiger partial charge in [-0.3, -0.25) is 9.78 Å². The maximum atomic E-state index is 11.7. The lowest BCUT2D eigenvalue weighted by Gasteiger charge is -2.13. The highest BCUT2D eigenvalue weighted by Gasteiger charge is 2.13. The highest BCUT2D eigenvalue weighted by atomic mass is 16.1. The minimum absolute atomic E-state index is 0.402. The van der Waals surface area contributed by atoms with Gasteiger partial charge in [-0.05, 0) is 48.9 Å². The van der Waals surface area contributed by atoms with Crippen LogP contribution in [0.1, 0.15) is 15.9 Å². The topological polar surface area (TPSA) is 93.8 Å². The van der Waals surface area contributed by atoms with Gasteiger partial charge in [0.15, 0.2) is 5.82 Å². The Hall–Kier alpha value is -3.80. The number of fused-ring (bicyclic) bond motifs is 1. The highest BCUT2D eigenvalue weighted by molar-refractivity contribution is 6.01. The Labute approximate surface area is 156 Å². The van der Waals surface area contributed by atoms with Gasteiger partial charge in [-0.15, -0.1) is 0 Å². The molecule has 0 spiro atoms. The van der Waals surface area contributed by atoms with E-state index in [2.05, 4.69) is 20.3 Å². The van der Waals surface area contributed by atoms with Gasteiger partial charge >= 0.3 is 0 Å². The standard InChI is InChI=1S/C21H17N5O/c1-13-8-9-16-18(11-13)25-20(14-5-4-10-23-12-14)26-21(16)24-17-7-3-2-6-15(17)19(22)27/h2-12H,1H3,(H2,22,27)(H,24,25,26). The second-order valence-corrected chi connectivity index (χ2v) is 6.19. The Morgan fingerprint density at radius 2 is 1.89 bits per heavy atom. The number of amides is 1. The van der Waals surface area contributed by atoms with E-state index in [4.69, 9.17) is 5.73 Å². The number of nitrogens with zero attached hydrogens (tertiary/aromatic N) is 3. The summed E-state index contributed by atoms with van der Waals surface area (Å²) in [7, 11) is 0. The number of carbonyl (C=O) groups is 1. The monoisotopic (exact) mass is 355 g/mol. The van der Waals surface area contributed by atoms with E-state index in [0.29, 0.717) is 22.9 Å². The number of hydrogen-bond acceptors (Lipinski definition) is 5. The molecule has 0 atom stereocenters. The van der Waals surface area contributed by atoms with Crippen LogP contribution >= 0.6 is 0 Å². The van der Waals surface area contributed by atoms with Crippen molar-refractivity contribution in [2.45, 2.75) is 6.92 Å². The van der Waals surface area contributed by atoms with Gasteiger partial charge in [0, 0.05) is 23.3 Å². The minimum Gasteiger partial charge on any atom is -0.366 e.